The number of aryl methyl sites for hydroxylation is 1. The van der Waals surface area contributed by atoms with Crippen LogP contribution in [0.2, 0.25) is 0 Å². The molecule has 0 saturated heterocycles. The molecule has 1 N–H and O–H groups in total. The summed E-state index contributed by atoms with van der Waals surface area (Å²) < 4.78 is 2.67. The molecule has 344 valence electrons. The highest BCUT2D eigenvalue weighted by atomic mass is 32.1. The summed E-state index contributed by atoms with van der Waals surface area (Å²) in [5.74, 6) is 1.03. The Hall–Kier alpha value is -8.11. The highest BCUT2D eigenvalue weighted by Gasteiger charge is 2.34. The van der Waals surface area contributed by atoms with Crippen molar-refractivity contribution in [2.75, 3.05) is 0 Å². The van der Waals surface area contributed by atoms with Gasteiger partial charge in [-0.2, -0.15) is 0 Å². The fourth-order valence-corrected chi connectivity index (χ4v) is 13.6. The number of amidine groups is 1. The third kappa shape index (κ3) is 7.17. The van der Waals surface area contributed by atoms with Gasteiger partial charge in [0.05, 0.1) is 11.7 Å². The van der Waals surface area contributed by atoms with Crippen molar-refractivity contribution >= 4 is 80.9 Å². The standard InChI is InChI=1S/C69H52N2S/c1-2-54-66(46-34-32-45(33-35-46)43-18-5-3-6-19-43)70-69(53-27-17-26-47(39-53)44-20-7-4-8-21-44)71-67(54)64-56-29-14-13-28-55(56)63(68-65(64)58-30-15-16-31-62(58)72-68)57-37-36-52-38-48-22-9-10-23-49(48)40-59(52)61-42-51-25-12-11-24-50(51)41-60(57)61/h4-5,7-35,38-42,57,66H,2-3,6,36-37H2,1H3,(H,70,71). The van der Waals surface area contributed by atoms with Crippen LogP contribution in [0.25, 0.3) is 86.0 Å². The summed E-state index contributed by atoms with van der Waals surface area (Å²) in [6, 6.07) is 75.1. The van der Waals surface area contributed by atoms with E-state index >= 15 is 0 Å². The molecule has 0 fully saturated rings. The van der Waals surface area contributed by atoms with Gasteiger partial charge in [0.1, 0.15) is 5.84 Å². The second kappa shape index (κ2) is 17.6. The van der Waals surface area contributed by atoms with Gasteiger partial charge in [0.25, 0.3) is 0 Å². The molecule has 2 aliphatic carbocycles. The van der Waals surface area contributed by atoms with Gasteiger partial charge in [0, 0.05) is 37.2 Å². The first-order chi connectivity index (χ1) is 35.6. The smallest absolute Gasteiger partial charge is 0.134 e. The van der Waals surface area contributed by atoms with Crippen molar-refractivity contribution in [3.05, 3.63) is 263 Å². The first kappa shape index (κ1) is 42.7. The van der Waals surface area contributed by atoms with Gasteiger partial charge < -0.3 is 5.32 Å². The molecule has 10 aromatic carbocycles. The Morgan fingerprint density at radius 1 is 0.569 bits per heavy atom. The van der Waals surface area contributed by atoms with Gasteiger partial charge in [-0.1, -0.05) is 195 Å². The zero-order chi connectivity index (χ0) is 47.7. The fourth-order valence-electron chi connectivity index (χ4n) is 12.3. The molecule has 3 heteroatoms. The molecule has 2 nitrogen and oxygen atoms in total. The molecule has 0 spiro atoms. The van der Waals surface area contributed by atoms with Crippen LogP contribution in [0.3, 0.4) is 0 Å². The minimum Gasteiger partial charge on any atom is -0.359 e. The second-order valence-corrected chi connectivity index (χ2v) is 20.9. The lowest BCUT2D eigenvalue weighted by molar-refractivity contribution is 0.706. The molecule has 2 atom stereocenters. The molecule has 0 saturated carbocycles. The number of fused-ring (bicyclic) bond motifs is 9. The molecule has 11 aromatic rings. The number of rotatable bonds is 7. The molecular weight excluding hydrogens is 889 g/mol. The summed E-state index contributed by atoms with van der Waals surface area (Å²) in [4.78, 5) is 5.92. The van der Waals surface area contributed by atoms with Crippen molar-refractivity contribution in [1.29, 1.82) is 0 Å². The SMILES string of the molecule is CCC1=C(c2c3ccccc3c(C3CCc4cc5ccccc5cc4-c4cc5ccccc5cc43)c3sc4ccccc4c23)N=C(c2cccc(-c3ccccc3)c2)NC1c1ccc(C2=CCCC=C2)cc1. The number of aliphatic imine (C=N–C) groups is 1. The minimum atomic E-state index is -0.0998. The van der Waals surface area contributed by atoms with Gasteiger partial charge in [-0.15, -0.1) is 11.3 Å². The molecular formula is C69H52N2S. The second-order valence-electron chi connectivity index (χ2n) is 19.8. The van der Waals surface area contributed by atoms with Gasteiger partial charge in [-0.05, 0) is 156 Å². The van der Waals surface area contributed by atoms with Crippen molar-refractivity contribution < 1.29 is 0 Å². The average Bonchev–Trinajstić information content (AvgIpc) is 3.76. The number of nitrogens with one attached hydrogen (secondary N) is 1. The molecule has 1 aliphatic heterocycles. The van der Waals surface area contributed by atoms with E-state index < -0.39 is 0 Å². The molecule has 1 aromatic heterocycles. The third-order valence-corrected chi connectivity index (χ3v) is 17.0. The predicted molar refractivity (Wildman–Crippen MR) is 308 cm³/mol. The van der Waals surface area contributed by atoms with E-state index in [1.807, 2.05) is 11.3 Å². The predicted octanol–water partition coefficient (Wildman–Crippen LogP) is 18.6. The van der Waals surface area contributed by atoms with Crippen LogP contribution in [0.15, 0.2) is 229 Å². The van der Waals surface area contributed by atoms with Crippen LogP contribution in [0, 0.1) is 0 Å². The molecule has 3 aliphatic rings. The minimum absolute atomic E-state index is 0.0998. The maximum Gasteiger partial charge on any atom is 0.134 e. The van der Waals surface area contributed by atoms with Crippen molar-refractivity contribution in [3.8, 4) is 22.3 Å². The van der Waals surface area contributed by atoms with Crippen LogP contribution in [-0.4, -0.2) is 5.84 Å². The van der Waals surface area contributed by atoms with E-state index in [2.05, 4.69) is 231 Å². The molecule has 0 amide bonds. The van der Waals surface area contributed by atoms with Gasteiger partial charge in [0.2, 0.25) is 0 Å². The maximum absolute atomic E-state index is 5.92. The van der Waals surface area contributed by atoms with E-state index in [0.29, 0.717) is 0 Å². The van der Waals surface area contributed by atoms with Gasteiger partial charge >= 0.3 is 0 Å². The third-order valence-electron chi connectivity index (χ3n) is 15.8. The van der Waals surface area contributed by atoms with E-state index in [9.17, 15) is 0 Å². The van der Waals surface area contributed by atoms with Gasteiger partial charge in [-0.25, -0.2) is 4.99 Å². The van der Waals surface area contributed by atoms with Crippen molar-refractivity contribution in [2.45, 2.75) is 51.0 Å². The van der Waals surface area contributed by atoms with E-state index in [-0.39, 0.29) is 12.0 Å². The Morgan fingerprint density at radius 3 is 2.00 bits per heavy atom. The quantitative estimate of drug-likeness (QED) is 0.169. The lowest BCUT2D eigenvalue weighted by Crippen LogP contribution is -2.34. The van der Waals surface area contributed by atoms with Crippen LogP contribution in [0.5, 0.6) is 0 Å². The summed E-state index contributed by atoms with van der Waals surface area (Å²) in [6.45, 7) is 2.32. The first-order valence-electron chi connectivity index (χ1n) is 25.8. The number of hydrogen-bond donors (Lipinski definition) is 1. The van der Waals surface area contributed by atoms with Gasteiger partial charge in [0.15, 0.2) is 0 Å². The molecule has 0 bridgehead atoms. The van der Waals surface area contributed by atoms with E-state index in [1.165, 1.54) is 119 Å². The summed E-state index contributed by atoms with van der Waals surface area (Å²) in [6.07, 6.45) is 11.9. The number of nitrogens with zero attached hydrogens (tertiary/aromatic N) is 1. The van der Waals surface area contributed by atoms with Gasteiger partial charge in [-0.3, -0.25) is 0 Å². The van der Waals surface area contributed by atoms with E-state index in [0.717, 1.165) is 49.2 Å². The topological polar surface area (TPSA) is 24.4 Å². The fraction of sp³-hybridized carbons (Fsp3) is 0.116. The zero-order valence-electron chi connectivity index (χ0n) is 40.3. The molecule has 72 heavy (non-hydrogen) atoms. The summed E-state index contributed by atoms with van der Waals surface area (Å²) in [7, 11) is 0. The van der Waals surface area contributed by atoms with Crippen LogP contribution in [-0.2, 0) is 6.42 Å². The Labute approximate surface area is 425 Å². The Balaban J connectivity index is 1.04. The summed E-state index contributed by atoms with van der Waals surface area (Å²) >= 11 is 1.97. The lowest BCUT2D eigenvalue weighted by atomic mass is 9.79. The average molecular weight is 941 g/mol. The highest BCUT2D eigenvalue weighted by molar-refractivity contribution is 7.26. The molecule has 0 radical (unpaired) electrons. The number of thiophene rings is 1. The Kier molecular flexibility index (Phi) is 10.5. The Bertz CT molecular complexity index is 4110. The molecule has 2 unspecified atom stereocenters. The van der Waals surface area contributed by atoms with Crippen molar-refractivity contribution in [1.82, 2.24) is 5.32 Å². The van der Waals surface area contributed by atoms with Crippen LogP contribution in [0.4, 0.5) is 0 Å². The highest BCUT2D eigenvalue weighted by Crippen LogP contribution is 2.53. The molecule has 14 rings (SSSR count). The zero-order valence-corrected chi connectivity index (χ0v) is 41.1. The van der Waals surface area contributed by atoms with Crippen LogP contribution in [0.1, 0.15) is 83.5 Å². The molecule has 2 heterocycles. The lowest BCUT2D eigenvalue weighted by Gasteiger charge is -2.31. The maximum atomic E-state index is 5.92. The van der Waals surface area contributed by atoms with Crippen molar-refractivity contribution in [2.24, 2.45) is 4.99 Å². The van der Waals surface area contributed by atoms with E-state index in [1.54, 1.807) is 0 Å². The van der Waals surface area contributed by atoms with Crippen LogP contribution >= 0.6 is 11.3 Å². The van der Waals surface area contributed by atoms with E-state index in [4.69, 9.17) is 4.99 Å². The summed E-state index contributed by atoms with van der Waals surface area (Å²) in [5, 5.41) is 14.4. The normalized spacial score (nSPS) is 16.7. The summed E-state index contributed by atoms with van der Waals surface area (Å²) in [5.41, 5.74) is 17.8. The number of hydrogen-bond acceptors (Lipinski definition) is 3. The van der Waals surface area contributed by atoms with Crippen LogP contribution < -0.4 is 5.32 Å². The number of benzene rings is 10. The largest absolute Gasteiger partial charge is 0.359 e. The first-order valence-corrected chi connectivity index (χ1v) is 26.6. The monoisotopic (exact) mass is 940 g/mol. The number of allylic oxidation sites excluding steroid dienone is 4. The van der Waals surface area contributed by atoms with Crippen molar-refractivity contribution in [3.63, 3.8) is 0 Å². The Morgan fingerprint density at radius 2 is 1.24 bits per heavy atom.